The molecule has 0 radical (unpaired) electrons. The Labute approximate surface area is 117 Å². The lowest BCUT2D eigenvalue weighted by atomic mass is 10.2. The summed E-state index contributed by atoms with van der Waals surface area (Å²) in [6.45, 7) is 0.136. The molecule has 0 spiro atoms. The van der Waals surface area contributed by atoms with Crippen LogP contribution in [0, 0.1) is 15.9 Å². The van der Waals surface area contributed by atoms with Crippen LogP contribution < -0.4 is 4.74 Å². The highest BCUT2D eigenvalue weighted by atomic mass is 79.9. The highest BCUT2D eigenvalue weighted by Gasteiger charge is 2.10. The van der Waals surface area contributed by atoms with Crippen molar-refractivity contribution in [2.75, 3.05) is 0 Å². The van der Waals surface area contributed by atoms with Crippen LogP contribution in [-0.2, 0) is 6.61 Å². The second-order valence-electron chi connectivity index (χ2n) is 3.79. The molecule has 0 saturated carbocycles. The van der Waals surface area contributed by atoms with Gasteiger partial charge in [-0.3, -0.25) is 10.1 Å². The SMILES string of the molecule is O=[N+]([O-])c1ccc(Br)c(OCc2cccc(F)c2)c1. The number of nitrogens with zero attached hydrogens (tertiary/aromatic N) is 1. The Morgan fingerprint density at radius 1 is 1.26 bits per heavy atom. The van der Waals surface area contributed by atoms with Crippen LogP contribution in [0.15, 0.2) is 46.9 Å². The van der Waals surface area contributed by atoms with Gasteiger partial charge in [0.25, 0.3) is 5.69 Å². The number of ether oxygens (including phenoxy) is 1. The first-order chi connectivity index (χ1) is 9.06. The molecule has 0 fully saturated rings. The van der Waals surface area contributed by atoms with Crippen molar-refractivity contribution in [2.24, 2.45) is 0 Å². The Balaban J connectivity index is 2.15. The molecular weight excluding hydrogens is 317 g/mol. The lowest BCUT2D eigenvalue weighted by Crippen LogP contribution is -1.97. The molecule has 0 aromatic heterocycles. The molecule has 4 nitrogen and oxygen atoms in total. The molecule has 0 bridgehead atoms. The van der Waals surface area contributed by atoms with Gasteiger partial charge in [0.15, 0.2) is 0 Å². The van der Waals surface area contributed by atoms with E-state index in [1.165, 1.54) is 24.3 Å². The quantitative estimate of drug-likeness (QED) is 0.628. The van der Waals surface area contributed by atoms with E-state index in [2.05, 4.69) is 15.9 Å². The van der Waals surface area contributed by atoms with Crippen molar-refractivity contribution >= 4 is 21.6 Å². The monoisotopic (exact) mass is 325 g/mol. The summed E-state index contributed by atoms with van der Waals surface area (Å²) in [5, 5.41) is 10.7. The van der Waals surface area contributed by atoms with Crippen LogP contribution in [-0.4, -0.2) is 4.92 Å². The first-order valence-electron chi connectivity index (χ1n) is 5.37. The lowest BCUT2D eigenvalue weighted by Gasteiger charge is -2.08. The predicted octanol–water partition coefficient (Wildman–Crippen LogP) is 4.08. The van der Waals surface area contributed by atoms with Crippen LogP contribution in [0.3, 0.4) is 0 Å². The Kier molecular flexibility index (Phi) is 4.11. The zero-order valence-electron chi connectivity index (χ0n) is 9.68. The molecule has 2 rings (SSSR count). The van der Waals surface area contributed by atoms with E-state index in [0.717, 1.165) is 0 Å². The van der Waals surface area contributed by atoms with Crippen molar-refractivity contribution in [3.63, 3.8) is 0 Å². The number of hydrogen-bond acceptors (Lipinski definition) is 3. The van der Waals surface area contributed by atoms with E-state index < -0.39 is 4.92 Å². The van der Waals surface area contributed by atoms with Gasteiger partial charge in [0.05, 0.1) is 15.5 Å². The molecule has 0 N–H and O–H groups in total. The van der Waals surface area contributed by atoms with Crippen LogP contribution in [0.1, 0.15) is 5.56 Å². The summed E-state index contributed by atoms with van der Waals surface area (Å²) in [4.78, 5) is 10.2. The summed E-state index contributed by atoms with van der Waals surface area (Å²) in [5.74, 6) is -0.00216. The second kappa shape index (κ2) is 5.79. The molecular formula is C13H9BrFNO3. The van der Waals surface area contributed by atoms with Crippen molar-refractivity contribution in [3.05, 3.63) is 68.4 Å². The maximum atomic E-state index is 13.0. The summed E-state index contributed by atoms with van der Waals surface area (Å²) in [5.41, 5.74) is 0.593. The topological polar surface area (TPSA) is 52.4 Å². The van der Waals surface area contributed by atoms with Gasteiger partial charge in [0, 0.05) is 6.07 Å². The fourth-order valence-electron chi connectivity index (χ4n) is 1.50. The largest absolute Gasteiger partial charge is 0.487 e. The summed E-state index contributed by atoms with van der Waals surface area (Å²) < 4.78 is 19.0. The van der Waals surface area contributed by atoms with E-state index in [0.29, 0.717) is 15.8 Å². The predicted molar refractivity (Wildman–Crippen MR) is 71.5 cm³/mol. The van der Waals surface area contributed by atoms with E-state index in [9.17, 15) is 14.5 Å². The number of nitro groups is 1. The van der Waals surface area contributed by atoms with Gasteiger partial charge in [-0.2, -0.15) is 0 Å². The maximum Gasteiger partial charge on any atom is 0.273 e. The average molecular weight is 326 g/mol. The van der Waals surface area contributed by atoms with Gasteiger partial charge >= 0.3 is 0 Å². The number of nitro benzene ring substituents is 1. The first kappa shape index (κ1) is 13.5. The van der Waals surface area contributed by atoms with Gasteiger partial charge in [-0.1, -0.05) is 12.1 Å². The molecule has 6 heteroatoms. The van der Waals surface area contributed by atoms with Gasteiger partial charge in [-0.15, -0.1) is 0 Å². The van der Waals surface area contributed by atoms with E-state index in [-0.39, 0.29) is 18.1 Å². The van der Waals surface area contributed by atoms with E-state index in [4.69, 9.17) is 4.74 Å². The van der Waals surface area contributed by atoms with Gasteiger partial charge in [-0.25, -0.2) is 4.39 Å². The van der Waals surface area contributed by atoms with Crippen molar-refractivity contribution in [2.45, 2.75) is 6.61 Å². The molecule has 0 aliphatic heterocycles. The second-order valence-corrected chi connectivity index (χ2v) is 4.64. The first-order valence-corrected chi connectivity index (χ1v) is 6.17. The van der Waals surface area contributed by atoms with E-state index in [1.54, 1.807) is 18.2 Å². The minimum Gasteiger partial charge on any atom is -0.487 e. The highest BCUT2D eigenvalue weighted by Crippen LogP contribution is 2.29. The number of rotatable bonds is 4. The third-order valence-corrected chi connectivity index (χ3v) is 3.06. The molecule has 0 heterocycles. The number of benzene rings is 2. The Bertz CT molecular complexity index is 619. The number of halogens is 2. The van der Waals surface area contributed by atoms with Gasteiger partial charge in [0.2, 0.25) is 0 Å². The molecule has 0 atom stereocenters. The number of non-ortho nitro benzene ring substituents is 1. The molecule has 0 amide bonds. The Morgan fingerprint density at radius 2 is 2.05 bits per heavy atom. The van der Waals surface area contributed by atoms with E-state index >= 15 is 0 Å². The van der Waals surface area contributed by atoms with Gasteiger partial charge in [-0.05, 0) is 39.7 Å². The van der Waals surface area contributed by atoms with Crippen LogP contribution >= 0.6 is 15.9 Å². The minimum atomic E-state index is -0.499. The molecule has 2 aromatic rings. The molecule has 0 aliphatic rings. The van der Waals surface area contributed by atoms with Crippen molar-refractivity contribution in [3.8, 4) is 5.75 Å². The van der Waals surface area contributed by atoms with Crippen LogP contribution in [0.2, 0.25) is 0 Å². The van der Waals surface area contributed by atoms with Crippen molar-refractivity contribution < 1.29 is 14.1 Å². The zero-order chi connectivity index (χ0) is 13.8. The van der Waals surface area contributed by atoms with Crippen LogP contribution in [0.4, 0.5) is 10.1 Å². The van der Waals surface area contributed by atoms with Gasteiger partial charge < -0.3 is 4.74 Å². The highest BCUT2D eigenvalue weighted by molar-refractivity contribution is 9.10. The standard InChI is InChI=1S/C13H9BrFNO3/c14-12-5-4-11(16(17)18)7-13(12)19-8-9-2-1-3-10(15)6-9/h1-7H,8H2. The van der Waals surface area contributed by atoms with Crippen molar-refractivity contribution in [1.82, 2.24) is 0 Å². The fraction of sp³-hybridized carbons (Fsp3) is 0.0769. The summed E-state index contributed by atoms with van der Waals surface area (Å²) in [7, 11) is 0. The maximum absolute atomic E-state index is 13.0. The van der Waals surface area contributed by atoms with Gasteiger partial charge in [0.1, 0.15) is 18.2 Å². The molecule has 2 aromatic carbocycles. The Morgan fingerprint density at radius 3 is 2.74 bits per heavy atom. The van der Waals surface area contributed by atoms with Crippen LogP contribution in [0.5, 0.6) is 5.75 Å². The van der Waals surface area contributed by atoms with Crippen LogP contribution in [0.25, 0.3) is 0 Å². The molecule has 0 saturated heterocycles. The van der Waals surface area contributed by atoms with E-state index in [1.807, 2.05) is 0 Å². The minimum absolute atomic E-state index is 0.0579. The Hall–Kier alpha value is -1.95. The molecule has 0 unspecified atom stereocenters. The van der Waals surface area contributed by atoms with Crippen molar-refractivity contribution in [1.29, 1.82) is 0 Å². The lowest BCUT2D eigenvalue weighted by molar-refractivity contribution is -0.385. The summed E-state index contributed by atoms with van der Waals surface area (Å²) in [6, 6.07) is 10.2. The average Bonchev–Trinajstić information content (AvgIpc) is 2.37. The summed E-state index contributed by atoms with van der Waals surface area (Å²) in [6.07, 6.45) is 0. The third kappa shape index (κ3) is 3.51. The summed E-state index contributed by atoms with van der Waals surface area (Å²) >= 11 is 3.25. The molecule has 0 aliphatic carbocycles. The fourth-order valence-corrected chi connectivity index (χ4v) is 1.87. The molecule has 98 valence electrons. The third-order valence-electron chi connectivity index (χ3n) is 2.41. The number of hydrogen-bond donors (Lipinski definition) is 0. The normalized spacial score (nSPS) is 10.2. The zero-order valence-corrected chi connectivity index (χ0v) is 11.3. The molecule has 19 heavy (non-hydrogen) atoms. The smallest absolute Gasteiger partial charge is 0.273 e.